The second-order valence-corrected chi connectivity index (χ2v) is 11.3. The molecule has 0 saturated carbocycles. The van der Waals surface area contributed by atoms with Gasteiger partial charge in [0.1, 0.15) is 11.2 Å². The maximum absolute atomic E-state index is 9.45. The first-order chi connectivity index (χ1) is 24.0. The molecule has 1 heteroatoms. The summed E-state index contributed by atoms with van der Waals surface area (Å²) in [5, 5.41) is 5.53. The first kappa shape index (κ1) is 21.7. The topological polar surface area (TPSA) is 13.1 Å². The monoisotopic (exact) mass is 576 g/mol. The highest BCUT2D eigenvalue weighted by molar-refractivity contribution is 6.21. The van der Waals surface area contributed by atoms with Gasteiger partial charge in [-0.1, -0.05) is 158 Å². The zero-order valence-corrected chi connectivity index (χ0v) is 24.3. The van der Waals surface area contributed by atoms with E-state index in [9.17, 15) is 5.48 Å². The number of hydrogen-bond donors (Lipinski definition) is 0. The van der Waals surface area contributed by atoms with Crippen molar-refractivity contribution in [2.45, 2.75) is 0 Å². The van der Waals surface area contributed by atoms with Gasteiger partial charge >= 0.3 is 0 Å². The minimum absolute atomic E-state index is 0.0850. The number of para-hydroxylation sites is 1. The third kappa shape index (κ3) is 4.17. The van der Waals surface area contributed by atoms with E-state index >= 15 is 0 Å². The van der Waals surface area contributed by atoms with Crippen molar-refractivity contribution in [3.8, 4) is 44.5 Å². The van der Waals surface area contributed by atoms with Gasteiger partial charge in [0.05, 0.1) is 5.48 Å². The molecule has 9 aromatic rings. The van der Waals surface area contributed by atoms with E-state index in [1.165, 1.54) is 0 Å². The Bertz CT molecular complexity index is 2660. The van der Waals surface area contributed by atoms with E-state index in [0.29, 0.717) is 22.3 Å². The van der Waals surface area contributed by atoms with Crippen molar-refractivity contribution in [1.82, 2.24) is 0 Å². The maximum Gasteiger partial charge on any atom is 0.143 e. The predicted molar refractivity (Wildman–Crippen MR) is 190 cm³/mol. The van der Waals surface area contributed by atoms with E-state index in [2.05, 4.69) is 42.5 Å². The second kappa shape index (κ2) is 10.4. The van der Waals surface area contributed by atoms with E-state index in [4.69, 9.17) is 4.42 Å². The molecular formula is C44H28O. The van der Waals surface area contributed by atoms with Crippen molar-refractivity contribution in [3.63, 3.8) is 0 Å². The quantitative estimate of drug-likeness (QED) is 0.190. The lowest BCUT2D eigenvalue weighted by Gasteiger charge is -2.18. The van der Waals surface area contributed by atoms with Gasteiger partial charge in [0.15, 0.2) is 0 Å². The Labute approximate surface area is 267 Å². The molecule has 0 aliphatic heterocycles. The zero-order chi connectivity index (χ0) is 33.2. The molecule has 45 heavy (non-hydrogen) atoms. The maximum atomic E-state index is 9.45. The van der Waals surface area contributed by atoms with Crippen LogP contribution in [0.4, 0.5) is 0 Å². The van der Waals surface area contributed by atoms with Gasteiger partial charge in [-0.05, 0) is 72.6 Å². The van der Waals surface area contributed by atoms with Gasteiger partial charge in [0.25, 0.3) is 0 Å². The normalized spacial score (nSPS) is 12.8. The van der Waals surface area contributed by atoms with Gasteiger partial charge in [-0.15, -0.1) is 0 Å². The lowest BCUT2D eigenvalue weighted by atomic mass is 9.85. The van der Waals surface area contributed by atoms with Gasteiger partial charge in [-0.2, -0.15) is 0 Å². The van der Waals surface area contributed by atoms with Crippen LogP contribution in [-0.2, 0) is 0 Å². The van der Waals surface area contributed by atoms with E-state index in [-0.39, 0.29) is 35.3 Å². The van der Waals surface area contributed by atoms with Crippen molar-refractivity contribution >= 4 is 43.5 Å². The summed E-state index contributed by atoms with van der Waals surface area (Å²) >= 11 is 0. The van der Waals surface area contributed by atoms with Crippen molar-refractivity contribution in [2.24, 2.45) is 0 Å². The summed E-state index contributed by atoms with van der Waals surface area (Å²) in [5.74, 6) is 0. The minimum atomic E-state index is -0.103. The number of fused-ring (bicyclic) bond motifs is 5. The third-order valence-corrected chi connectivity index (χ3v) is 8.74. The molecule has 0 atom stereocenters. The van der Waals surface area contributed by atoms with E-state index in [1.807, 2.05) is 103 Å². The van der Waals surface area contributed by atoms with Crippen LogP contribution in [-0.4, -0.2) is 0 Å². The summed E-state index contributed by atoms with van der Waals surface area (Å²) in [6.07, 6.45) is 0. The summed E-state index contributed by atoms with van der Waals surface area (Å²) in [6.45, 7) is 0. The van der Waals surface area contributed by atoms with Crippen molar-refractivity contribution in [1.29, 1.82) is 0 Å². The molecule has 0 spiro atoms. The fourth-order valence-electron chi connectivity index (χ4n) is 6.69. The standard InChI is InChI=1S/C44H28O/c1-3-12-29(13-4-1)33-26-27-41-40(28-33)39-21-11-20-34(44(39)45-41)30-22-24-32(25-23-30)43-37-18-9-7-16-35(37)42(31-14-5-2-6-15-31)36-17-8-10-19-38(36)43/h1-28H/i22D,23D,24D,25D. The molecule has 0 aliphatic rings. The van der Waals surface area contributed by atoms with Crippen LogP contribution in [0, 0.1) is 0 Å². The molecule has 0 radical (unpaired) electrons. The molecule has 0 N–H and O–H groups in total. The molecule has 0 amide bonds. The molecule has 1 nitrogen and oxygen atoms in total. The number of benzene rings is 8. The Morgan fingerprint density at radius 2 is 0.867 bits per heavy atom. The largest absolute Gasteiger partial charge is 0.455 e. The Morgan fingerprint density at radius 1 is 0.356 bits per heavy atom. The van der Waals surface area contributed by atoms with E-state index < -0.39 is 0 Å². The predicted octanol–water partition coefficient (Wildman–Crippen LogP) is 12.6. The highest BCUT2D eigenvalue weighted by Gasteiger charge is 2.17. The molecule has 210 valence electrons. The highest BCUT2D eigenvalue weighted by atomic mass is 16.3. The third-order valence-electron chi connectivity index (χ3n) is 8.74. The molecule has 9 rings (SSSR count). The number of rotatable bonds is 4. The van der Waals surface area contributed by atoms with Gasteiger partial charge in [-0.25, -0.2) is 0 Å². The van der Waals surface area contributed by atoms with E-state index in [1.54, 1.807) is 0 Å². The van der Waals surface area contributed by atoms with Gasteiger partial charge in [-0.3, -0.25) is 0 Å². The summed E-state index contributed by atoms with van der Waals surface area (Å²) in [7, 11) is 0. The summed E-state index contributed by atoms with van der Waals surface area (Å²) < 4.78 is 44.1. The Kier molecular flexibility index (Phi) is 5.00. The van der Waals surface area contributed by atoms with E-state index in [0.717, 1.165) is 54.6 Å². The first-order valence-electron chi connectivity index (χ1n) is 17.1. The lowest BCUT2D eigenvalue weighted by Crippen LogP contribution is -1.90. The van der Waals surface area contributed by atoms with Crippen molar-refractivity contribution < 1.29 is 9.90 Å². The molecule has 1 aromatic heterocycles. The van der Waals surface area contributed by atoms with Gasteiger partial charge in [0, 0.05) is 16.3 Å². The fourth-order valence-corrected chi connectivity index (χ4v) is 6.69. The molecule has 0 fully saturated rings. The fraction of sp³-hybridized carbons (Fsp3) is 0. The molecule has 8 aromatic carbocycles. The summed E-state index contributed by atoms with van der Waals surface area (Å²) in [5.41, 5.74) is 7.30. The van der Waals surface area contributed by atoms with Crippen LogP contribution in [0.3, 0.4) is 0 Å². The smallest absolute Gasteiger partial charge is 0.143 e. The van der Waals surface area contributed by atoms with Crippen molar-refractivity contribution in [2.75, 3.05) is 0 Å². The summed E-state index contributed by atoms with van der Waals surface area (Å²) in [6, 6.07) is 47.9. The number of hydrogen-bond acceptors (Lipinski definition) is 1. The van der Waals surface area contributed by atoms with Crippen LogP contribution in [0.15, 0.2) is 174 Å². The highest BCUT2D eigenvalue weighted by Crippen LogP contribution is 2.44. The Morgan fingerprint density at radius 3 is 1.49 bits per heavy atom. The molecular weight excluding hydrogens is 544 g/mol. The van der Waals surface area contributed by atoms with Gasteiger partial charge in [0.2, 0.25) is 0 Å². The lowest BCUT2D eigenvalue weighted by molar-refractivity contribution is 0.670. The first-order valence-corrected chi connectivity index (χ1v) is 15.1. The van der Waals surface area contributed by atoms with Crippen LogP contribution >= 0.6 is 0 Å². The molecule has 0 unspecified atom stereocenters. The Hall–Kier alpha value is -5.92. The second-order valence-electron chi connectivity index (χ2n) is 11.3. The van der Waals surface area contributed by atoms with Crippen LogP contribution in [0.1, 0.15) is 5.48 Å². The average Bonchev–Trinajstić information content (AvgIpc) is 3.53. The number of furan rings is 1. The molecule has 1 heterocycles. The SMILES string of the molecule is [2H]c1c([2H])c(-c2cccc3c2oc2ccc(-c4ccccc4)cc23)c([2H])c([2H])c1-c1c2ccccc2c(-c2ccccc2)c2ccccc12. The molecule has 0 bridgehead atoms. The van der Waals surface area contributed by atoms with Crippen LogP contribution < -0.4 is 0 Å². The van der Waals surface area contributed by atoms with Crippen LogP contribution in [0.2, 0.25) is 0 Å². The zero-order valence-electron chi connectivity index (χ0n) is 28.3. The van der Waals surface area contributed by atoms with Crippen molar-refractivity contribution in [3.05, 3.63) is 170 Å². The minimum Gasteiger partial charge on any atom is -0.455 e. The molecule has 0 aliphatic carbocycles. The molecule has 0 saturated heterocycles. The van der Waals surface area contributed by atoms with Crippen LogP contribution in [0.5, 0.6) is 0 Å². The van der Waals surface area contributed by atoms with Crippen LogP contribution in [0.25, 0.3) is 88.0 Å². The average molecular weight is 577 g/mol. The van der Waals surface area contributed by atoms with Gasteiger partial charge < -0.3 is 4.42 Å². The Balaban J connectivity index is 1.30. The summed E-state index contributed by atoms with van der Waals surface area (Å²) in [4.78, 5) is 0.